The molecule has 4 nitrogen and oxygen atoms in total. The van der Waals surface area contributed by atoms with Gasteiger partial charge in [-0.2, -0.15) is 0 Å². The van der Waals surface area contributed by atoms with Crippen LogP contribution in [-0.4, -0.2) is 16.6 Å². The first-order chi connectivity index (χ1) is 9.11. The summed E-state index contributed by atoms with van der Waals surface area (Å²) in [6, 6.07) is 6.12. The number of aromatic nitrogens is 2. The summed E-state index contributed by atoms with van der Waals surface area (Å²) in [4.78, 5) is 4.05. The summed E-state index contributed by atoms with van der Waals surface area (Å²) in [5, 5.41) is 3.81. The molecule has 0 radical (unpaired) electrons. The van der Waals surface area contributed by atoms with Gasteiger partial charge in [-0.15, -0.1) is 0 Å². The normalized spacial score (nSPS) is 12.4. The molecule has 2 aromatic rings. The maximum absolute atomic E-state index is 6.24. The first-order valence-corrected chi connectivity index (χ1v) is 6.54. The summed E-state index contributed by atoms with van der Waals surface area (Å²) in [6.07, 6.45) is 3.53. The number of nitrogens with zero attached hydrogens (tertiary/aromatic N) is 2. The lowest BCUT2D eigenvalue weighted by Crippen LogP contribution is -2.12. The standard InChI is InChI=1S/C14H18ClN3O/c1-10(16-2)11-4-5-14(13(15)6-11)19-8-12-7-17-9-18(12)3/h4-7,9-10,16H,8H2,1-3H3. The molecule has 0 aliphatic heterocycles. The second-order valence-corrected chi connectivity index (χ2v) is 4.89. The van der Waals surface area contributed by atoms with Crippen LogP contribution < -0.4 is 10.1 Å². The minimum absolute atomic E-state index is 0.267. The summed E-state index contributed by atoms with van der Waals surface area (Å²) >= 11 is 6.24. The third-order valence-electron chi connectivity index (χ3n) is 3.18. The van der Waals surface area contributed by atoms with Crippen LogP contribution in [0.3, 0.4) is 0 Å². The topological polar surface area (TPSA) is 39.1 Å². The van der Waals surface area contributed by atoms with Crippen molar-refractivity contribution in [2.24, 2.45) is 7.05 Å². The lowest BCUT2D eigenvalue weighted by molar-refractivity contribution is 0.297. The molecule has 0 bridgehead atoms. The molecule has 1 N–H and O–H groups in total. The van der Waals surface area contributed by atoms with Crippen LogP contribution in [0.1, 0.15) is 24.2 Å². The molecule has 1 heterocycles. The van der Waals surface area contributed by atoms with Crippen molar-refractivity contribution in [1.29, 1.82) is 0 Å². The Morgan fingerprint density at radius 2 is 2.26 bits per heavy atom. The molecule has 5 heteroatoms. The van der Waals surface area contributed by atoms with Gasteiger partial charge < -0.3 is 14.6 Å². The second kappa shape index (κ2) is 6.08. The molecule has 0 spiro atoms. The number of aryl methyl sites for hydroxylation is 1. The highest BCUT2D eigenvalue weighted by atomic mass is 35.5. The van der Waals surface area contributed by atoms with Crippen LogP contribution in [0, 0.1) is 0 Å². The number of hydrogen-bond acceptors (Lipinski definition) is 3. The van der Waals surface area contributed by atoms with E-state index in [1.807, 2.05) is 36.9 Å². The highest BCUT2D eigenvalue weighted by Crippen LogP contribution is 2.28. The van der Waals surface area contributed by atoms with E-state index in [9.17, 15) is 0 Å². The predicted octanol–water partition coefficient (Wildman–Crippen LogP) is 2.93. The molecule has 1 unspecified atom stereocenters. The molecule has 0 saturated carbocycles. The van der Waals surface area contributed by atoms with Gasteiger partial charge in [-0.25, -0.2) is 4.98 Å². The SMILES string of the molecule is CNC(C)c1ccc(OCc2cncn2C)c(Cl)c1. The van der Waals surface area contributed by atoms with Crippen molar-refractivity contribution in [3.63, 3.8) is 0 Å². The monoisotopic (exact) mass is 279 g/mol. The molecule has 102 valence electrons. The van der Waals surface area contributed by atoms with Gasteiger partial charge in [-0.05, 0) is 31.7 Å². The molecule has 1 aromatic heterocycles. The summed E-state index contributed by atoms with van der Waals surface area (Å²) in [6.45, 7) is 2.54. The van der Waals surface area contributed by atoms with Crippen LogP contribution in [0.4, 0.5) is 0 Å². The van der Waals surface area contributed by atoms with Crippen molar-refractivity contribution in [3.8, 4) is 5.75 Å². The Balaban J connectivity index is 2.07. The average Bonchev–Trinajstić information content (AvgIpc) is 2.82. The Morgan fingerprint density at radius 3 is 2.84 bits per heavy atom. The predicted molar refractivity (Wildman–Crippen MR) is 76.5 cm³/mol. The summed E-state index contributed by atoms with van der Waals surface area (Å²) in [5.41, 5.74) is 2.14. The zero-order chi connectivity index (χ0) is 13.8. The Labute approximate surface area is 118 Å². The lowest BCUT2D eigenvalue weighted by atomic mass is 10.1. The highest BCUT2D eigenvalue weighted by Gasteiger charge is 2.08. The van der Waals surface area contributed by atoms with Crippen molar-refractivity contribution in [3.05, 3.63) is 47.0 Å². The zero-order valence-corrected chi connectivity index (χ0v) is 12.1. The van der Waals surface area contributed by atoms with Crippen molar-refractivity contribution >= 4 is 11.6 Å². The largest absolute Gasteiger partial charge is 0.486 e. The van der Waals surface area contributed by atoms with Crippen LogP contribution in [0.25, 0.3) is 0 Å². The zero-order valence-electron chi connectivity index (χ0n) is 11.4. The molecule has 0 aliphatic carbocycles. The molecule has 0 fully saturated rings. The van der Waals surface area contributed by atoms with Crippen molar-refractivity contribution < 1.29 is 4.74 Å². The number of nitrogens with one attached hydrogen (secondary N) is 1. The third kappa shape index (κ3) is 3.28. The summed E-state index contributed by atoms with van der Waals surface area (Å²) in [7, 11) is 3.86. The molecule has 0 amide bonds. The molecule has 2 rings (SSSR count). The fourth-order valence-corrected chi connectivity index (χ4v) is 1.99. The highest BCUT2D eigenvalue weighted by molar-refractivity contribution is 6.32. The second-order valence-electron chi connectivity index (χ2n) is 4.48. The van der Waals surface area contributed by atoms with Gasteiger partial charge >= 0.3 is 0 Å². The Morgan fingerprint density at radius 1 is 1.47 bits per heavy atom. The van der Waals surface area contributed by atoms with Gasteiger partial charge in [0, 0.05) is 13.1 Å². The Kier molecular flexibility index (Phi) is 4.45. The maximum Gasteiger partial charge on any atom is 0.138 e. The van der Waals surface area contributed by atoms with E-state index in [0.29, 0.717) is 17.4 Å². The molecule has 0 saturated heterocycles. The van der Waals surface area contributed by atoms with Crippen LogP contribution in [-0.2, 0) is 13.7 Å². The minimum Gasteiger partial charge on any atom is -0.486 e. The number of benzene rings is 1. The molecule has 19 heavy (non-hydrogen) atoms. The van der Waals surface area contributed by atoms with Crippen molar-refractivity contribution in [2.75, 3.05) is 7.05 Å². The quantitative estimate of drug-likeness (QED) is 0.915. The fraction of sp³-hybridized carbons (Fsp3) is 0.357. The number of hydrogen-bond donors (Lipinski definition) is 1. The van der Waals surface area contributed by atoms with Crippen LogP contribution >= 0.6 is 11.6 Å². The van der Waals surface area contributed by atoms with Gasteiger partial charge in [0.25, 0.3) is 0 Å². The number of ether oxygens (including phenoxy) is 1. The van der Waals surface area contributed by atoms with E-state index in [-0.39, 0.29) is 6.04 Å². The van der Waals surface area contributed by atoms with Gasteiger partial charge in [0.15, 0.2) is 0 Å². The van der Waals surface area contributed by atoms with E-state index in [0.717, 1.165) is 11.3 Å². The first-order valence-electron chi connectivity index (χ1n) is 6.16. The van der Waals surface area contributed by atoms with Gasteiger partial charge in [0.1, 0.15) is 12.4 Å². The Hall–Kier alpha value is -1.52. The van der Waals surface area contributed by atoms with Crippen molar-refractivity contribution in [1.82, 2.24) is 14.9 Å². The minimum atomic E-state index is 0.267. The maximum atomic E-state index is 6.24. The van der Waals surface area contributed by atoms with E-state index >= 15 is 0 Å². The first kappa shape index (κ1) is 13.9. The van der Waals surface area contributed by atoms with Gasteiger partial charge in [0.2, 0.25) is 0 Å². The molecule has 1 atom stereocenters. The average molecular weight is 280 g/mol. The Bertz CT molecular complexity index is 553. The summed E-state index contributed by atoms with van der Waals surface area (Å²) in [5.74, 6) is 0.690. The number of imidazole rings is 1. The third-order valence-corrected chi connectivity index (χ3v) is 3.48. The van der Waals surface area contributed by atoms with Gasteiger partial charge in [0.05, 0.1) is 23.2 Å². The van der Waals surface area contributed by atoms with E-state index < -0.39 is 0 Å². The number of rotatable bonds is 5. The lowest BCUT2D eigenvalue weighted by Gasteiger charge is -2.13. The molecular weight excluding hydrogens is 262 g/mol. The summed E-state index contributed by atoms with van der Waals surface area (Å²) < 4.78 is 7.64. The molecular formula is C14H18ClN3O. The van der Waals surface area contributed by atoms with Crippen LogP contribution in [0.5, 0.6) is 5.75 Å². The van der Waals surface area contributed by atoms with Gasteiger partial charge in [-0.3, -0.25) is 0 Å². The van der Waals surface area contributed by atoms with Crippen LogP contribution in [0.15, 0.2) is 30.7 Å². The van der Waals surface area contributed by atoms with Gasteiger partial charge in [-0.1, -0.05) is 17.7 Å². The van der Waals surface area contributed by atoms with E-state index in [1.54, 1.807) is 12.5 Å². The van der Waals surface area contributed by atoms with E-state index in [1.165, 1.54) is 0 Å². The molecule has 1 aromatic carbocycles. The van der Waals surface area contributed by atoms with E-state index in [4.69, 9.17) is 16.3 Å². The fourth-order valence-electron chi connectivity index (χ4n) is 1.75. The van der Waals surface area contributed by atoms with Crippen molar-refractivity contribution in [2.45, 2.75) is 19.6 Å². The van der Waals surface area contributed by atoms with Crippen LogP contribution in [0.2, 0.25) is 5.02 Å². The smallest absolute Gasteiger partial charge is 0.138 e. The van der Waals surface area contributed by atoms with E-state index in [2.05, 4.69) is 17.2 Å². The number of halogens is 1. The molecule has 0 aliphatic rings.